The monoisotopic (exact) mass is 762 g/mol. The van der Waals surface area contributed by atoms with Crippen LogP contribution in [0.3, 0.4) is 0 Å². The predicted molar refractivity (Wildman–Crippen MR) is 255 cm³/mol. The van der Waals surface area contributed by atoms with Gasteiger partial charge in [-0.05, 0) is 119 Å². The maximum Gasteiger partial charge on any atom is 0.145 e. The Hall–Kier alpha value is -7.81. The van der Waals surface area contributed by atoms with Crippen LogP contribution in [0.1, 0.15) is 5.56 Å². The lowest BCUT2D eigenvalue weighted by Gasteiger charge is -2.16. The second-order valence-corrected chi connectivity index (χ2v) is 15.9. The molecule has 0 aliphatic heterocycles. The van der Waals surface area contributed by atoms with Crippen LogP contribution in [0.2, 0.25) is 0 Å². The standard InChI is InChI=1S/C58H38N2/c1-37-12-9-15-40-28-29-42-17-11-21-51(57(42)55(37)40)50-20-10-16-41-30-31-45-36-44(32-33-47(45)56(41)50)38-24-26-39(27-25-38)46-34-35-53(49-19-6-5-18-48(46)49)60-54-23-8-7-22-52(54)59-58(60)43-13-3-2-4-14-43/h2-36H,1H3. The molecule has 2 heteroatoms. The summed E-state index contributed by atoms with van der Waals surface area (Å²) in [7, 11) is 0. The Labute approximate surface area is 348 Å². The van der Waals surface area contributed by atoms with E-state index in [4.69, 9.17) is 4.98 Å². The van der Waals surface area contributed by atoms with Gasteiger partial charge in [-0.3, -0.25) is 4.57 Å². The van der Waals surface area contributed by atoms with Gasteiger partial charge in [0, 0.05) is 10.9 Å². The lowest BCUT2D eigenvalue weighted by Crippen LogP contribution is -1.99. The summed E-state index contributed by atoms with van der Waals surface area (Å²) in [4.78, 5) is 5.12. The Kier molecular flexibility index (Phi) is 7.79. The molecular formula is C58H38N2. The van der Waals surface area contributed by atoms with Gasteiger partial charge in [0.15, 0.2) is 0 Å². The van der Waals surface area contributed by atoms with Gasteiger partial charge in [0.25, 0.3) is 0 Å². The van der Waals surface area contributed by atoms with Crippen molar-refractivity contribution in [1.82, 2.24) is 9.55 Å². The summed E-state index contributed by atoms with van der Waals surface area (Å²) in [5.74, 6) is 0.941. The Morgan fingerprint density at radius 1 is 0.350 bits per heavy atom. The molecule has 1 aromatic heterocycles. The van der Waals surface area contributed by atoms with Crippen molar-refractivity contribution in [3.8, 4) is 50.5 Å². The molecule has 12 aromatic rings. The molecule has 0 aliphatic carbocycles. The third-order valence-corrected chi connectivity index (χ3v) is 12.5. The molecule has 0 saturated heterocycles. The third-order valence-electron chi connectivity index (χ3n) is 12.5. The third kappa shape index (κ3) is 5.38. The van der Waals surface area contributed by atoms with Gasteiger partial charge in [-0.25, -0.2) is 4.98 Å². The zero-order chi connectivity index (χ0) is 39.7. The van der Waals surface area contributed by atoms with Crippen molar-refractivity contribution in [3.05, 3.63) is 218 Å². The zero-order valence-corrected chi connectivity index (χ0v) is 33.1. The molecule has 0 spiro atoms. The molecule has 0 unspecified atom stereocenters. The van der Waals surface area contributed by atoms with E-state index in [0.717, 1.165) is 28.1 Å². The molecule has 0 atom stereocenters. The Morgan fingerprint density at radius 3 is 1.77 bits per heavy atom. The minimum Gasteiger partial charge on any atom is -0.292 e. The highest BCUT2D eigenvalue weighted by molar-refractivity contribution is 6.21. The number of para-hydroxylation sites is 2. The van der Waals surface area contributed by atoms with E-state index < -0.39 is 0 Å². The van der Waals surface area contributed by atoms with E-state index in [2.05, 4.69) is 224 Å². The first-order valence-electron chi connectivity index (χ1n) is 20.7. The van der Waals surface area contributed by atoms with Gasteiger partial charge in [-0.1, -0.05) is 188 Å². The maximum absolute atomic E-state index is 5.12. The Bertz CT molecular complexity index is 3650. The normalized spacial score (nSPS) is 11.8. The van der Waals surface area contributed by atoms with E-state index >= 15 is 0 Å². The number of benzene rings is 11. The van der Waals surface area contributed by atoms with Crippen molar-refractivity contribution < 1.29 is 0 Å². The van der Waals surface area contributed by atoms with Crippen LogP contribution >= 0.6 is 0 Å². The molecule has 280 valence electrons. The fourth-order valence-electron chi connectivity index (χ4n) is 9.71. The summed E-state index contributed by atoms with van der Waals surface area (Å²) in [6, 6.07) is 77.5. The van der Waals surface area contributed by atoms with E-state index in [-0.39, 0.29) is 0 Å². The lowest BCUT2D eigenvalue weighted by molar-refractivity contribution is 1.11. The largest absolute Gasteiger partial charge is 0.292 e. The van der Waals surface area contributed by atoms with Gasteiger partial charge in [0.05, 0.1) is 16.7 Å². The van der Waals surface area contributed by atoms with Crippen molar-refractivity contribution in [3.63, 3.8) is 0 Å². The molecule has 0 bridgehead atoms. The van der Waals surface area contributed by atoms with E-state index in [1.54, 1.807) is 0 Å². The van der Waals surface area contributed by atoms with Crippen LogP contribution in [-0.4, -0.2) is 9.55 Å². The predicted octanol–water partition coefficient (Wildman–Crippen LogP) is 15.8. The average molecular weight is 763 g/mol. The fourth-order valence-corrected chi connectivity index (χ4v) is 9.71. The van der Waals surface area contributed by atoms with Crippen LogP contribution in [0.15, 0.2) is 212 Å². The van der Waals surface area contributed by atoms with Crippen molar-refractivity contribution in [2.24, 2.45) is 0 Å². The molecule has 0 N–H and O–H groups in total. The first-order valence-corrected chi connectivity index (χ1v) is 20.7. The average Bonchev–Trinajstić information content (AvgIpc) is 3.70. The van der Waals surface area contributed by atoms with E-state index in [1.165, 1.54) is 92.8 Å². The molecule has 60 heavy (non-hydrogen) atoms. The highest BCUT2D eigenvalue weighted by Gasteiger charge is 2.18. The first kappa shape index (κ1) is 34.3. The van der Waals surface area contributed by atoms with Crippen molar-refractivity contribution in [1.29, 1.82) is 0 Å². The van der Waals surface area contributed by atoms with Gasteiger partial charge in [0.1, 0.15) is 5.82 Å². The van der Waals surface area contributed by atoms with Gasteiger partial charge >= 0.3 is 0 Å². The van der Waals surface area contributed by atoms with Crippen LogP contribution < -0.4 is 0 Å². The molecule has 1 heterocycles. The quantitative estimate of drug-likeness (QED) is 0.160. The van der Waals surface area contributed by atoms with Gasteiger partial charge < -0.3 is 0 Å². The molecule has 0 radical (unpaired) electrons. The number of rotatable bonds is 5. The van der Waals surface area contributed by atoms with Crippen LogP contribution in [0.25, 0.3) is 115 Å². The van der Waals surface area contributed by atoms with Crippen LogP contribution in [0, 0.1) is 6.92 Å². The molecule has 2 nitrogen and oxygen atoms in total. The number of aryl methyl sites for hydroxylation is 1. The number of nitrogens with zero attached hydrogens (tertiary/aromatic N) is 2. The molecule has 11 aromatic carbocycles. The SMILES string of the molecule is Cc1cccc2ccc3cccc(-c4cccc5ccc6cc(-c7ccc(-c8ccc(-n9c(-c%10ccccc%10)nc%10ccccc%109)c9ccccc89)cc7)ccc6c45)c3c12. The van der Waals surface area contributed by atoms with Crippen LogP contribution in [-0.2, 0) is 0 Å². The maximum atomic E-state index is 5.12. The number of hydrogen-bond acceptors (Lipinski definition) is 1. The molecule has 0 saturated carbocycles. The molecule has 0 aliphatic rings. The lowest BCUT2D eigenvalue weighted by atomic mass is 9.88. The second-order valence-electron chi connectivity index (χ2n) is 15.9. The number of imidazole rings is 1. The summed E-state index contributed by atoms with van der Waals surface area (Å²) < 4.78 is 2.32. The van der Waals surface area contributed by atoms with Crippen LogP contribution in [0.5, 0.6) is 0 Å². The van der Waals surface area contributed by atoms with Gasteiger partial charge in [-0.2, -0.15) is 0 Å². The number of fused-ring (bicyclic) bond motifs is 8. The summed E-state index contributed by atoms with van der Waals surface area (Å²) >= 11 is 0. The highest BCUT2D eigenvalue weighted by atomic mass is 15.1. The summed E-state index contributed by atoms with van der Waals surface area (Å²) in [6.07, 6.45) is 0. The van der Waals surface area contributed by atoms with Crippen molar-refractivity contribution in [2.75, 3.05) is 0 Å². The van der Waals surface area contributed by atoms with E-state index in [1.807, 2.05) is 0 Å². The molecule has 0 fully saturated rings. The number of aromatic nitrogens is 2. The molecule has 0 amide bonds. The van der Waals surface area contributed by atoms with Gasteiger partial charge in [0.2, 0.25) is 0 Å². The number of hydrogen-bond donors (Lipinski definition) is 0. The molecular weight excluding hydrogens is 725 g/mol. The minimum absolute atomic E-state index is 0.941. The van der Waals surface area contributed by atoms with Crippen LogP contribution in [0.4, 0.5) is 0 Å². The highest BCUT2D eigenvalue weighted by Crippen LogP contribution is 2.42. The van der Waals surface area contributed by atoms with Crippen molar-refractivity contribution >= 4 is 64.9 Å². The summed E-state index contributed by atoms with van der Waals surface area (Å²) in [5, 5.41) is 12.7. The minimum atomic E-state index is 0.941. The smallest absolute Gasteiger partial charge is 0.145 e. The van der Waals surface area contributed by atoms with E-state index in [9.17, 15) is 0 Å². The second kappa shape index (κ2) is 13.7. The van der Waals surface area contributed by atoms with Gasteiger partial charge in [-0.15, -0.1) is 0 Å². The fraction of sp³-hybridized carbons (Fsp3) is 0.0172. The topological polar surface area (TPSA) is 17.8 Å². The summed E-state index contributed by atoms with van der Waals surface area (Å²) in [6.45, 7) is 2.23. The Morgan fingerprint density at radius 2 is 0.967 bits per heavy atom. The van der Waals surface area contributed by atoms with Crippen molar-refractivity contribution in [2.45, 2.75) is 6.92 Å². The molecule has 12 rings (SSSR count). The zero-order valence-electron chi connectivity index (χ0n) is 33.1. The Balaban J connectivity index is 0.947. The first-order chi connectivity index (χ1) is 29.7. The van der Waals surface area contributed by atoms with E-state index in [0.29, 0.717) is 0 Å². The summed E-state index contributed by atoms with van der Waals surface area (Å²) in [5.41, 5.74) is 12.9.